The summed E-state index contributed by atoms with van der Waals surface area (Å²) in [7, 11) is 4.65. The number of nitrogens with zero attached hydrogens (tertiary/aromatic N) is 2. The van der Waals surface area contributed by atoms with Crippen LogP contribution in [0.3, 0.4) is 0 Å². The third-order valence-electron chi connectivity index (χ3n) is 7.67. The molecule has 5 rings (SSSR count). The summed E-state index contributed by atoms with van der Waals surface area (Å²) in [5, 5.41) is 6.05. The van der Waals surface area contributed by atoms with Gasteiger partial charge in [-0.25, -0.2) is 4.98 Å². The van der Waals surface area contributed by atoms with Crippen molar-refractivity contribution < 1.29 is 33.3 Å². The van der Waals surface area contributed by atoms with Crippen molar-refractivity contribution in [3.05, 3.63) is 65.4 Å². The Morgan fingerprint density at radius 2 is 1.81 bits per heavy atom. The summed E-state index contributed by atoms with van der Waals surface area (Å²) in [6.07, 6.45) is 2.91. The van der Waals surface area contributed by atoms with Crippen LogP contribution in [-0.4, -0.2) is 75.2 Å². The lowest BCUT2D eigenvalue weighted by Crippen LogP contribution is -2.41. The second-order valence-corrected chi connectivity index (χ2v) is 10.4. The van der Waals surface area contributed by atoms with E-state index in [1.54, 1.807) is 31.3 Å². The summed E-state index contributed by atoms with van der Waals surface area (Å²) in [4.78, 5) is 45.1. The molecule has 43 heavy (non-hydrogen) atoms. The second kappa shape index (κ2) is 13.5. The van der Waals surface area contributed by atoms with Crippen molar-refractivity contribution in [3.8, 4) is 34.3 Å². The van der Waals surface area contributed by atoms with Crippen molar-refractivity contribution in [2.45, 2.75) is 31.7 Å². The summed E-state index contributed by atoms with van der Waals surface area (Å²) in [5.41, 5.74) is 3.84. The summed E-state index contributed by atoms with van der Waals surface area (Å²) in [6.45, 7) is 1.10. The first-order chi connectivity index (χ1) is 20.9. The number of carbonyl (C=O) groups excluding carboxylic acids is 3. The Morgan fingerprint density at radius 3 is 2.60 bits per heavy atom. The molecule has 4 bridgehead atoms. The van der Waals surface area contributed by atoms with E-state index in [-0.39, 0.29) is 56.2 Å². The van der Waals surface area contributed by atoms with Crippen LogP contribution in [0.5, 0.6) is 23.1 Å². The van der Waals surface area contributed by atoms with Crippen LogP contribution in [0.1, 0.15) is 46.8 Å². The zero-order valence-corrected chi connectivity index (χ0v) is 24.6. The molecule has 0 saturated carbocycles. The van der Waals surface area contributed by atoms with Crippen molar-refractivity contribution in [3.63, 3.8) is 0 Å². The maximum Gasteiger partial charge on any atom is 0.254 e. The Kier molecular flexibility index (Phi) is 9.29. The van der Waals surface area contributed by atoms with Crippen molar-refractivity contribution >= 4 is 17.7 Å². The first-order valence-electron chi connectivity index (χ1n) is 14.3. The molecule has 2 aromatic carbocycles. The zero-order valence-electron chi connectivity index (χ0n) is 24.6. The van der Waals surface area contributed by atoms with Gasteiger partial charge >= 0.3 is 0 Å². The fourth-order valence-corrected chi connectivity index (χ4v) is 5.42. The predicted octanol–water partition coefficient (Wildman–Crippen LogP) is 3.31. The fraction of sp³-hybridized carbons (Fsp3) is 0.375. The van der Waals surface area contributed by atoms with Gasteiger partial charge in [0.25, 0.3) is 5.91 Å². The number of hydrogen-bond acceptors (Lipinski definition) is 8. The Hall–Kier alpha value is -4.80. The number of rotatable bonds is 4. The van der Waals surface area contributed by atoms with E-state index in [0.717, 1.165) is 22.3 Å². The standard InChI is InChI=1S/C32H36N4O7/c1-40-27-17-20-4-7-28(37)33-12-14-36(32(39)22-8-11-34-30(19-22)41-2)13-9-29(38)35-25-10-15-43-26-6-5-21(18-24(25)26)23(16-20)31(27)42-3/h5-6,8,11,16-19,25H,4,7,9-10,12-15H2,1-3H3,(H,33,37)(H,35,38). The molecule has 3 aromatic rings. The van der Waals surface area contributed by atoms with Gasteiger partial charge in [0.15, 0.2) is 11.5 Å². The van der Waals surface area contributed by atoms with Crippen LogP contribution in [0, 0.1) is 0 Å². The van der Waals surface area contributed by atoms with Crippen LogP contribution in [-0.2, 0) is 16.0 Å². The molecule has 0 fully saturated rings. The molecule has 3 heterocycles. The lowest BCUT2D eigenvalue weighted by Gasteiger charge is -2.28. The number of nitrogens with one attached hydrogen (secondary N) is 2. The maximum atomic E-state index is 13.4. The van der Waals surface area contributed by atoms with E-state index in [0.29, 0.717) is 48.1 Å². The van der Waals surface area contributed by atoms with Gasteiger partial charge in [0, 0.05) is 67.9 Å². The number of amides is 3. The van der Waals surface area contributed by atoms with E-state index in [4.69, 9.17) is 18.9 Å². The normalized spacial score (nSPS) is 17.4. The van der Waals surface area contributed by atoms with E-state index < -0.39 is 0 Å². The maximum absolute atomic E-state index is 13.4. The van der Waals surface area contributed by atoms with E-state index in [1.807, 2.05) is 30.3 Å². The molecular formula is C32H36N4O7. The van der Waals surface area contributed by atoms with Gasteiger partial charge in [-0.2, -0.15) is 0 Å². The predicted molar refractivity (Wildman–Crippen MR) is 159 cm³/mol. The number of methoxy groups -OCH3 is 3. The van der Waals surface area contributed by atoms with Crippen molar-refractivity contribution in [1.82, 2.24) is 20.5 Å². The molecule has 2 N–H and O–H groups in total. The third-order valence-corrected chi connectivity index (χ3v) is 7.67. The second-order valence-electron chi connectivity index (χ2n) is 10.4. The van der Waals surface area contributed by atoms with Crippen molar-refractivity contribution in [2.75, 3.05) is 47.6 Å². The number of hydrogen-bond donors (Lipinski definition) is 2. The number of pyridine rings is 1. The van der Waals surface area contributed by atoms with Gasteiger partial charge in [-0.3, -0.25) is 14.4 Å². The van der Waals surface area contributed by atoms with E-state index in [2.05, 4.69) is 15.6 Å². The molecule has 1 aromatic heterocycles. The van der Waals surface area contributed by atoms with Crippen LogP contribution in [0.2, 0.25) is 0 Å². The fourth-order valence-electron chi connectivity index (χ4n) is 5.42. The average Bonchev–Trinajstić information content (AvgIpc) is 3.04. The highest BCUT2D eigenvalue weighted by atomic mass is 16.5. The van der Waals surface area contributed by atoms with E-state index in [9.17, 15) is 14.4 Å². The van der Waals surface area contributed by atoms with Gasteiger partial charge < -0.3 is 34.5 Å². The minimum absolute atomic E-state index is 0.0847. The van der Waals surface area contributed by atoms with Gasteiger partial charge in [-0.05, 0) is 47.9 Å². The third kappa shape index (κ3) is 6.82. The minimum Gasteiger partial charge on any atom is -0.493 e. The first kappa shape index (κ1) is 29.7. The molecule has 11 heteroatoms. The molecule has 2 aliphatic rings. The van der Waals surface area contributed by atoms with Crippen LogP contribution < -0.4 is 29.6 Å². The quantitative estimate of drug-likeness (QED) is 0.475. The topological polar surface area (TPSA) is 128 Å². The largest absolute Gasteiger partial charge is 0.493 e. The summed E-state index contributed by atoms with van der Waals surface area (Å²) < 4.78 is 22.5. The average molecular weight is 589 g/mol. The van der Waals surface area contributed by atoms with Crippen molar-refractivity contribution in [1.29, 1.82) is 0 Å². The molecule has 1 atom stereocenters. The Balaban J connectivity index is 1.47. The van der Waals surface area contributed by atoms with Crippen LogP contribution >= 0.6 is 0 Å². The number of ether oxygens (including phenoxy) is 4. The van der Waals surface area contributed by atoms with Gasteiger partial charge in [-0.15, -0.1) is 0 Å². The Morgan fingerprint density at radius 1 is 0.953 bits per heavy atom. The van der Waals surface area contributed by atoms with Gasteiger partial charge in [0.2, 0.25) is 17.7 Å². The highest BCUT2D eigenvalue weighted by molar-refractivity contribution is 5.94. The number of aromatic nitrogens is 1. The molecule has 0 saturated heterocycles. The number of fused-ring (bicyclic) bond motifs is 4. The SMILES string of the molecule is COc1cc(C(=O)N2CCNC(=O)CCc3cc(OC)c(OC)c(c3)-c3ccc4c(c3)C(CCO4)NC(=O)CC2)ccn1. The Bertz CT molecular complexity index is 1510. The molecule has 226 valence electrons. The first-order valence-corrected chi connectivity index (χ1v) is 14.3. The highest BCUT2D eigenvalue weighted by Gasteiger charge is 2.26. The van der Waals surface area contributed by atoms with Gasteiger partial charge in [-0.1, -0.05) is 6.07 Å². The lowest BCUT2D eigenvalue weighted by atomic mass is 9.93. The monoisotopic (exact) mass is 588 g/mol. The molecule has 11 nitrogen and oxygen atoms in total. The molecular weight excluding hydrogens is 552 g/mol. The minimum atomic E-state index is -0.281. The lowest BCUT2D eigenvalue weighted by molar-refractivity contribution is -0.123. The van der Waals surface area contributed by atoms with Crippen LogP contribution in [0.4, 0.5) is 0 Å². The number of aryl methyl sites for hydroxylation is 1. The zero-order chi connectivity index (χ0) is 30.3. The summed E-state index contributed by atoms with van der Waals surface area (Å²) in [5.74, 6) is 1.54. The molecule has 0 spiro atoms. The molecule has 0 radical (unpaired) electrons. The smallest absolute Gasteiger partial charge is 0.254 e. The number of carbonyl (C=O) groups is 3. The van der Waals surface area contributed by atoms with E-state index >= 15 is 0 Å². The summed E-state index contributed by atoms with van der Waals surface area (Å²) in [6, 6.07) is 12.6. The molecule has 0 aliphatic carbocycles. The molecule has 2 aliphatic heterocycles. The van der Waals surface area contributed by atoms with Gasteiger partial charge in [0.1, 0.15) is 5.75 Å². The number of benzene rings is 2. The van der Waals surface area contributed by atoms with Crippen LogP contribution in [0.15, 0.2) is 48.7 Å². The molecule has 3 amide bonds. The molecule has 1 unspecified atom stereocenters. The van der Waals surface area contributed by atoms with E-state index in [1.165, 1.54) is 13.3 Å². The van der Waals surface area contributed by atoms with Crippen LogP contribution in [0.25, 0.3) is 11.1 Å². The summed E-state index contributed by atoms with van der Waals surface area (Å²) >= 11 is 0. The Labute approximate surface area is 250 Å². The van der Waals surface area contributed by atoms with Gasteiger partial charge in [0.05, 0.1) is 34.0 Å². The highest BCUT2D eigenvalue weighted by Crippen LogP contribution is 2.42. The van der Waals surface area contributed by atoms with Crippen molar-refractivity contribution in [2.24, 2.45) is 0 Å².